The maximum absolute atomic E-state index is 11.6. The first-order chi connectivity index (χ1) is 12.2. The molecule has 0 unspecified atom stereocenters. The second-order valence-electron chi connectivity index (χ2n) is 6.22. The van der Waals surface area contributed by atoms with E-state index in [1.54, 1.807) is 7.11 Å². The first-order valence-corrected chi connectivity index (χ1v) is 8.67. The topological polar surface area (TPSA) is 67.3 Å². The molecule has 1 aromatic carbocycles. The summed E-state index contributed by atoms with van der Waals surface area (Å²) in [5, 5.41) is 3.37. The Balaban J connectivity index is 1.60. The zero-order valence-electron chi connectivity index (χ0n) is 14.8. The molecule has 0 bridgehead atoms. The van der Waals surface area contributed by atoms with Gasteiger partial charge in [0.15, 0.2) is 5.82 Å². The summed E-state index contributed by atoms with van der Waals surface area (Å²) in [5.74, 6) is 2.62. The monoisotopic (exact) mass is 340 g/mol. The number of aryl methyl sites for hydroxylation is 1. The number of ether oxygens (including phenoxy) is 1. The highest BCUT2D eigenvalue weighted by molar-refractivity contribution is 5.78. The second-order valence-corrected chi connectivity index (χ2v) is 6.22. The smallest absolute Gasteiger partial charge is 0.222 e. The highest BCUT2D eigenvalue weighted by atomic mass is 16.5. The number of hydrogen-bond donors (Lipinski definition) is 1. The van der Waals surface area contributed by atoms with E-state index >= 15 is 0 Å². The number of amides is 1. The molecule has 1 amide bonds. The number of benzene rings is 1. The van der Waals surface area contributed by atoms with Crippen molar-refractivity contribution in [2.75, 3.05) is 32.1 Å². The third-order valence-corrected chi connectivity index (χ3v) is 4.39. The van der Waals surface area contributed by atoms with Crippen LogP contribution in [0.1, 0.15) is 24.8 Å². The molecule has 0 saturated carbocycles. The van der Waals surface area contributed by atoms with Gasteiger partial charge >= 0.3 is 0 Å². The van der Waals surface area contributed by atoms with Gasteiger partial charge in [-0.2, -0.15) is 0 Å². The minimum atomic E-state index is 0.278. The number of anilines is 1. The van der Waals surface area contributed by atoms with Crippen LogP contribution in [0, 0.1) is 6.92 Å². The lowest BCUT2D eigenvalue weighted by molar-refractivity contribution is -0.127. The molecular weight excluding hydrogens is 316 g/mol. The maximum atomic E-state index is 11.6. The molecule has 1 aromatic heterocycles. The van der Waals surface area contributed by atoms with Crippen molar-refractivity contribution in [3.05, 3.63) is 36.0 Å². The molecule has 6 heteroatoms. The summed E-state index contributed by atoms with van der Waals surface area (Å²) in [4.78, 5) is 22.6. The number of hydrogen-bond acceptors (Lipinski definition) is 5. The van der Waals surface area contributed by atoms with E-state index in [0.717, 1.165) is 55.2 Å². The summed E-state index contributed by atoms with van der Waals surface area (Å²) < 4.78 is 5.18. The van der Waals surface area contributed by atoms with Gasteiger partial charge in [0.2, 0.25) is 5.91 Å². The van der Waals surface area contributed by atoms with Gasteiger partial charge in [-0.1, -0.05) is 0 Å². The zero-order valence-corrected chi connectivity index (χ0v) is 14.8. The predicted octanol–water partition coefficient (Wildman–Crippen LogP) is 2.89. The first kappa shape index (κ1) is 17.2. The largest absolute Gasteiger partial charge is 0.497 e. The van der Waals surface area contributed by atoms with Crippen LogP contribution in [0.25, 0.3) is 11.4 Å². The molecule has 1 aliphatic heterocycles. The Hall–Kier alpha value is -2.63. The number of nitrogens with one attached hydrogen (secondary N) is 1. The van der Waals surface area contributed by atoms with Crippen LogP contribution in [0.2, 0.25) is 0 Å². The Morgan fingerprint density at radius 1 is 1.28 bits per heavy atom. The van der Waals surface area contributed by atoms with E-state index in [9.17, 15) is 4.79 Å². The molecule has 1 aliphatic rings. The van der Waals surface area contributed by atoms with Crippen molar-refractivity contribution >= 4 is 11.7 Å². The average molecular weight is 340 g/mol. The molecule has 1 N–H and O–H groups in total. The summed E-state index contributed by atoms with van der Waals surface area (Å²) in [6, 6.07) is 7.70. The van der Waals surface area contributed by atoms with E-state index in [-0.39, 0.29) is 5.91 Å². The maximum Gasteiger partial charge on any atom is 0.222 e. The van der Waals surface area contributed by atoms with Gasteiger partial charge in [0.25, 0.3) is 0 Å². The van der Waals surface area contributed by atoms with Crippen molar-refractivity contribution in [1.29, 1.82) is 0 Å². The van der Waals surface area contributed by atoms with Crippen LogP contribution in [-0.2, 0) is 4.79 Å². The highest BCUT2D eigenvalue weighted by Crippen LogP contribution is 2.21. The van der Waals surface area contributed by atoms with Gasteiger partial charge in [-0.25, -0.2) is 9.97 Å². The van der Waals surface area contributed by atoms with Crippen LogP contribution >= 0.6 is 0 Å². The molecule has 0 radical (unpaired) electrons. The third kappa shape index (κ3) is 4.26. The molecule has 2 aromatic rings. The van der Waals surface area contributed by atoms with Crippen LogP contribution in [0.4, 0.5) is 5.82 Å². The van der Waals surface area contributed by atoms with E-state index in [2.05, 4.69) is 15.3 Å². The van der Waals surface area contributed by atoms with Gasteiger partial charge in [0, 0.05) is 43.4 Å². The van der Waals surface area contributed by atoms with Crippen molar-refractivity contribution in [3.63, 3.8) is 0 Å². The van der Waals surface area contributed by atoms with Crippen LogP contribution in [0.3, 0.4) is 0 Å². The van der Waals surface area contributed by atoms with Crippen molar-refractivity contribution in [3.8, 4) is 17.1 Å². The number of carbonyl (C=O) groups is 1. The quantitative estimate of drug-likeness (QED) is 0.785. The molecule has 1 fully saturated rings. The molecular formula is C19H24N4O2. The van der Waals surface area contributed by atoms with Gasteiger partial charge in [-0.15, -0.1) is 0 Å². The standard InChI is InChI=1S/C19H24N4O2/c1-14-13-21-19(15-6-8-16(25-2)9-7-15)22-18(14)20-10-4-12-23-11-3-5-17(23)24/h6-9,13H,3-5,10-12H2,1-2H3,(H,20,21,22). The van der Waals surface area contributed by atoms with Crippen molar-refractivity contribution in [2.24, 2.45) is 0 Å². The van der Waals surface area contributed by atoms with E-state index in [4.69, 9.17) is 4.74 Å². The second kappa shape index (κ2) is 7.96. The lowest BCUT2D eigenvalue weighted by Gasteiger charge is -2.16. The van der Waals surface area contributed by atoms with Crippen LogP contribution in [0.5, 0.6) is 5.75 Å². The number of likely N-dealkylation sites (tertiary alicyclic amines) is 1. The minimum absolute atomic E-state index is 0.278. The Bertz CT molecular complexity index is 731. The van der Waals surface area contributed by atoms with E-state index in [1.807, 2.05) is 42.3 Å². The molecule has 0 spiro atoms. The van der Waals surface area contributed by atoms with Crippen LogP contribution in [0.15, 0.2) is 30.5 Å². The van der Waals surface area contributed by atoms with E-state index in [0.29, 0.717) is 12.2 Å². The van der Waals surface area contributed by atoms with Crippen molar-refractivity contribution in [2.45, 2.75) is 26.2 Å². The van der Waals surface area contributed by atoms with Gasteiger partial charge in [0.05, 0.1) is 7.11 Å². The molecule has 0 aliphatic carbocycles. The zero-order chi connectivity index (χ0) is 17.6. The third-order valence-electron chi connectivity index (χ3n) is 4.39. The fraction of sp³-hybridized carbons (Fsp3) is 0.421. The summed E-state index contributed by atoms with van der Waals surface area (Å²) >= 11 is 0. The summed E-state index contributed by atoms with van der Waals surface area (Å²) in [7, 11) is 1.65. The van der Waals surface area contributed by atoms with Crippen molar-refractivity contribution in [1.82, 2.24) is 14.9 Å². The SMILES string of the molecule is COc1ccc(-c2ncc(C)c(NCCCN3CCCC3=O)n2)cc1. The molecule has 3 rings (SSSR count). The first-order valence-electron chi connectivity index (χ1n) is 8.67. The number of aromatic nitrogens is 2. The number of carbonyl (C=O) groups excluding carboxylic acids is 1. The molecule has 1 saturated heterocycles. The van der Waals surface area contributed by atoms with Gasteiger partial charge in [-0.05, 0) is 44.0 Å². The Morgan fingerprint density at radius 2 is 2.08 bits per heavy atom. The lowest BCUT2D eigenvalue weighted by Crippen LogP contribution is -2.27. The minimum Gasteiger partial charge on any atom is -0.497 e. The van der Waals surface area contributed by atoms with Crippen LogP contribution < -0.4 is 10.1 Å². The summed E-state index contributed by atoms with van der Waals surface area (Å²) in [6.07, 6.45) is 4.43. The molecule has 25 heavy (non-hydrogen) atoms. The summed E-state index contributed by atoms with van der Waals surface area (Å²) in [5.41, 5.74) is 1.96. The predicted molar refractivity (Wildman–Crippen MR) is 97.7 cm³/mol. The Labute approximate surface area is 148 Å². The van der Waals surface area contributed by atoms with Gasteiger partial charge < -0.3 is 15.0 Å². The number of methoxy groups -OCH3 is 1. The Kier molecular flexibility index (Phi) is 5.48. The van der Waals surface area contributed by atoms with E-state index in [1.165, 1.54) is 0 Å². The lowest BCUT2D eigenvalue weighted by atomic mass is 10.2. The van der Waals surface area contributed by atoms with Gasteiger partial charge in [0.1, 0.15) is 11.6 Å². The molecule has 132 valence electrons. The van der Waals surface area contributed by atoms with Crippen LogP contribution in [-0.4, -0.2) is 47.5 Å². The molecule has 0 atom stereocenters. The summed E-state index contributed by atoms with van der Waals surface area (Å²) in [6.45, 7) is 4.47. The molecule has 6 nitrogen and oxygen atoms in total. The fourth-order valence-electron chi connectivity index (χ4n) is 2.92. The van der Waals surface area contributed by atoms with E-state index < -0.39 is 0 Å². The van der Waals surface area contributed by atoms with Gasteiger partial charge in [-0.3, -0.25) is 4.79 Å². The fourth-order valence-corrected chi connectivity index (χ4v) is 2.92. The van der Waals surface area contributed by atoms with Crippen molar-refractivity contribution < 1.29 is 9.53 Å². The number of rotatable bonds is 7. The highest BCUT2D eigenvalue weighted by Gasteiger charge is 2.18. The number of nitrogens with zero attached hydrogens (tertiary/aromatic N) is 3. The molecule has 2 heterocycles. The average Bonchev–Trinajstić information content (AvgIpc) is 3.05. The Morgan fingerprint density at radius 3 is 2.76 bits per heavy atom. The normalized spacial score (nSPS) is 14.0.